The fourth-order valence-electron chi connectivity index (χ4n) is 3.12. The summed E-state index contributed by atoms with van der Waals surface area (Å²) >= 11 is 0. The van der Waals surface area contributed by atoms with Crippen LogP contribution < -0.4 is 5.32 Å². The summed E-state index contributed by atoms with van der Waals surface area (Å²) in [6, 6.07) is -0.0445. The highest BCUT2D eigenvalue weighted by molar-refractivity contribution is 5.77. The lowest BCUT2D eigenvalue weighted by Crippen LogP contribution is -2.54. The lowest BCUT2D eigenvalue weighted by atomic mass is 9.76. The molecular weight excluding hydrogens is 256 g/mol. The van der Waals surface area contributed by atoms with Gasteiger partial charge in [-0.1, -0.05) is 6.92 Å². The predicted molar refractivity (Wildman–Crippen MR) is 76.5 cm³/mol. The van der Waals surface area contributed by atoms with Crippen molar-refractivity contribution in [3.8, 4) is 0 Å². The number of aliphatic carboxylic acids is 1. The van der Waals surface area contributed by atoms with Crippen LogP contribution in [0.5, 0.6) is 0 Å². The fourth-order valence-corrected chi connectivity index (χ4v) is 3.12. The van der Waals surface area contributed by atoms with E-state index in [9.17, 15) is 14.7 Å². The Labute approximate surface area is 120 Å². The average Bonchev–Trinajstić information content (AvgIpc) is 3.22. The lowest BCUT2D eigenvalue weighted by molar-refractivity contribution is -0.152. The third kappa shape index (κ3) is 2.91. The van der Waals surface area contributed by atoms with Gasteiger partial charge in [-0.05, 0) is 51.9 Å². The molecule has 2 N–H and O–H groups in total. The topological polar surface area (TPSA) is 69.6 Å². The molecule has 2 amide bonds. The summed E-state index contributed by atoms with van der Waals surface area (Å²) in [6.07, 6.45) is 4.11. The minimum atomic E-state index is -0.724. The summed E-state index contributed by atoms with van der Waals surface area (Å²) in [5.41, 5.74) is -0.786. The van der Waals surface area contributed by atoms with Gasteiger partial charge in [-0.25, -0.2) is 4.79 Å². The Balaban J connectivity index is 1.90. The lowest BCUT2D eigenvalue weighted by Gasteiger charge is -2.39. The number of hydrogen-bond donors (Lipinski definition) is 2. The van der Waals surface area contributed by atoms with Crippen LogP contribution in [0.4, 0.5) is 4.79 Å². The number of carbonyl (C=O) groups excluding carboxylic acids is 1. The molecule has 1 saturated heterocycles. The summed E-state index contributed by atoms with van der Waals surface area (Å²) in [5, 5.41) is 12.5. The van der Waals surface area contributed by atoms with E-state index in [1.165, 1.54) is 12.8 Å². The van der Waals surface area contributed by atoms with Gasteiger partial charge < -0.3 is 15.3 Å². The highest BCUT2D eigenvalue weighted by atomic mass is 16.4. The molecule has 1 saturated carbocycles. The number of amides is 2. The maximum absolute atomic E-state index is 12.3. The smallest absolute Gasteiger partial charge is 0.317 e. The SMILES string of the molecule is CCC1(C(=O)O)CCN(C(=O)NC(C)(C)C2CC2)CC1. The molecule has 0 aromatic heterocycles. The molecule has 5 heteroatoms. The summed E-state index contributed by atoms with van der Waals surface area (Å²) in [7, 11) is 0. The van der Waals surface area contributed by atoms with Crippen molar-refractivity contribution in [2.24, 2.45) is 11.3 Å². The van der Waals surface area contributed by atoms with Crippen LogP contribution >= 0.6 is 0 Å². The van der Waals surface area contributed by atoms with E-state index in [1.54, 1.807) is 4.90 Å². The molecule has 1 aliphatic heterocycles. The first-order chi connectivity index (χ1) is 9.31. The van der Waals surface area contributed by atoms with Crippen molar-refractivity contribution >= 4 is 12.0 Å². The van der Waals surface area contributed by atoms with Crippen molar-refractivity contribution in [1.29, 1.82) is 0 Å². The molecule has 1 heterocycles. The first kappa shape index (κ1) is 15.1. The number of carbonyl (C=O) groups is 2. The summed E-state index contributed by atoms with van der Waals surface area (Å²) in [4.78, 5) is 25.4. The average molecular weight is 282 g/mol. The van der Waals surface area contributed by atoms with Crippen LogP contribution in [-0.2, 0) is 4.79 Å². The summed E-state index contributed by atoms with van der Waals surface area (Å²) in [5.74, 6) is -0.136. The van der Waals surface area contributed by atoms with Crippen LogP contribution in [0.15, 0.2) is 0 Å². The normalized spacial score (nSPS) is 22.4. The second kappa shape index (κ2) is 5.26. The Morgan fingerprint density at radius 2 is 1.85 bits per heavy atom. The molecule has 0 spiro atoms. The van der Waals surface area contributed by atoms with Gasteiger partial charge in [0.1, 0.15) is 0 Å². The molecule has 0 aromatic rings. The number of carboxylic acids is 1. The van der Waals surface area contributed by atoms with E-state index >= 15 is 0 Å². The van der Waals surface area contributed by atoms with Crippen molar-refractivity contribution < 1.29 is 14.7 Å². The van der Waals surface area contributed by atoms with Gasteiger partial charge in [0.2, 0.25) is 0 Å². The van der Waals surface area contributed by atoms with Crippen molar-refractivity contribution in [2.45, 2.75) is 58.4 Å². The molecule has 0 unspecified atom stereocenters. The molecule has 0 aromatic carbocycles. The Morgan fingerprint density at radius 3 is 2.25 bits per heavy atom. The molecule has 1 aliphatic carbocycles. The molecule has 0 radical (unpaired) electrons. The van der Waals surface area contributed by atoms with Gasteiger partial charge in [0.05, 0.1) is 5.41 Å². The van der Waals surface area contributed by atoms with E-state index in [2.05, 4.69) is 19.2 Å². The number of hydrogen-bond acceptors (Lipinski definition) is 2. The van der Waals surface area contributed by atoms with Gasteiger partial charge in [-0.2, -0.15) is 0 Å². The third-order valence-corrected chi connectivity index (χ3v) is 5.17. The van der Waals surface area contributed by atoms with Crippen molar-refractivity contribution in [3.05, 3.63) is 0 Å². The Morgan fingerprint density at radius 1 is 1.30 bits per heavy atom. The maximum atomic E-state index is 12.3. The standard InChI is InChI=1S/C15H26N2O3/c1-4-15(12(18)19)7-9-17(10-8-15)13(20)16-14(2,3)11-5-6-11/h11H,4-10H2,1-3H3,(H,16,20)(H,18,19). The maximum Gasteiger partial charge on any atom is 0.317 e. The van der Waals surface area contributed by atoms with Crippen LogP contribution in [0.2, 0.25) is 0 Å². The Hall–Kier alpha value is -1.26. The second-order valence-corrected chi connectivity index (χ2v) is 6.85. The molecule has 114 valence electrons. The number of nitrogens with one attached hydrogen (secondary N) is 1. The molecule has 5 nitrogen and oxygen atoms in total. The summed E-state index contributed by atoms with van der Waals surface area (Å²) < 4.78 is 0. The van der Waals surface area contributed by atoms with E-state index in [1.807, 2.05) is 6.92 Å². The second-order valence-electron chi connectivity index (χ2n) is 6.85. The monoisotopic (exact) mass is 282 g/mol. The fraction of sp³-hybridized carbons (Fsp3) is 0.867. The number of piperidine rings is 1. The predicted octanol–water partition coefficient (Wildman–Crippen LogP) is 2.46. The summed E-state index contributed by atoms with van der Waals surface area (Å²) in [6.45, 7) is 7.12. The van der Waals surface area contributed by atoms with Crippen molar-refractivity contribution in [3.63, 3.8) is 0 Å². The molecule has 2 rings (SSSR count). The molecule has 0 atom stereocenters. The number of urea groups is 1. The van der Waals surface area contributed by atoms with Crippen LogP contribution in [0.25, 0.3) is 0 Å². The molecule has 20 heavy (non-hydrogen) atoms. The molecule has 2 fully saturated rings. The first-order valence-electron chi connectivity index (χ1n) is 7.61. The van der Waals surface area contributed by atoms with Crippen molar-refractivity contribution in [1.82, 2.24) is 10.2 Å². The van der Waals surface area contributed by atoms with Gasteiger partial charge in [-0.3, -0.25) is 4.79 Å². The largest absolute Gasteiger partial charge is 0.481 e. The highest BCUT2D eigenvalue weighted by Gasteiger charge is 2.43. The van der Waals surface area contributed by atoms with E-state index in [0.29, 0.717) is 38.3 Å². The number of carboxylic acid groups (broad SMARTS) is 1. The van der Waals surface area contributed by atoms with Gasteiger partial charge in [0.15, 0.2) is 0 Å². The van der Waals surface area contributed by atoms with Crippen LogP contribution in [0.3, 0.4) is 0 Å². The first-order valence-corrected chi connectivity index (χ1v) is 7.61. The number of likely N-dealkylation sites (tertiary alicyclic amines) is 1. The Bertz CT molecular complexity index is 394. The Kier molecular flexibility index (Phi) is 3.98. The van der Waals surface area contributed by atoms with E-state index in [0.717, 1.165) is 0 Å². The number of nitrogens with zero attached hydrogens (tertiary/aromatic N) is 1. The molecule has 0 bridgehead atoms. The zero-order valence-electron chi connectivity index (χ0n) is 12.7. The van der Waals surface area contributed by atoms with Gasteiger partial charge >= 0.3 is 12.0 Å². The van der Waals surface area contributed by atoms with Crippen LogP contribution in [0, 0.1) is 11.3 Å². The van der Waals surface area contributed by atoms with Crippen molar-refractivity contribution in [2.75, 3.05) is 13.1 Å². The third-order valence-electron chi connectivity index (χ3n) is 5.17. The zero-order valence-corrected chi connectivity index (χ0v) is 12.7. The minimum Gasteiger partial charge on any atom is -0.481 e. The molecular formula is C15H26N2O3. The van der Waals surface area contributed by atoms with Crippen LogP contribution in [0.1, 0.15) is 52.9 Å². The van der Waals surface area contributed by atoms with Gasteiger partial charge in [0.25, 0.3) is 0 Å². The quantitative estimate of drug-likeness (QED) is 0.832. The van der Waals surface area contributed by atoms with E-state index in [4.69, 9.17) is 0 Å². The highest BCUT2D eigenvalue weighted by Crippen LogP contribution is 2.39. The van der Waals surface area contributed by atoms with E-state index in [-0.39, 0.29) is 11.6 Å². The molecule has 2 aliphatic rings. The zero-order chi connectivity index (χ0) is 15.0. The van der Waals surface area contributed by atoms with E-state index < -0.39 is 11.4 Å². The van der Waals surface area contributed by atoms with Gasteiger partial charge in [0, 0.05) is 18.6 Å². The minimum absolute atomic E-state index is 0.0445. The number of rotatable bonds is 4. The van der Waals surface area contributed by atoms with Gasteiger partial charge in [-0.15, -0.1) is 0 Å². The van der Waals surface area contributed by atoms with Crippen LogP contribution in [-0.4, -0.2) is 40.6 Å².